The van der Waals surface area contributed by atoms with Crippen LogP contribution in [-0.4, -0.2) is 34.8 Å². The van der Waals surface area contributed by atoms with Crippen LogP contribution in [0, 0.1) is 10.1 Å². The van der Waals surface area contributed by atoms with Crippen LogP contribution < -0.4 is 4.90 Å². The Labute approximate surface area is 247 Å². The molecule has 0 saturated heterocycles. The maximum absolute atomic E-state index is 11.5. The number of carbonyl (C=O) groups is 1. The van der Waals surface area contributed by atoms with Crippen molar-refractivity contribution in [2.24, 2.45) is 4.99 Å². The first-order valence-corrected chi connectivity index (χ1v) is 14.3. The second-order valence-corrected chi connectivity index (χ2v) is 10.9. The average Bonchev–Trinajstić information content (AvgIpc) is 3.14. The van der Waals surface area contributed by atoms with Gasteiger partial charge >= 0.3 is 5.97 Å². The Hall–Kier alpha value is -4.40. The van der Waals surface area contributed by atoms with Gasteiger partial charge in [-0.1, -0.05) is 60.1 Å². The summed E-state index contributed by atoms with van der Waals surface area (Å²) < 4.78 is 0. The molecule has 0 atom stereocenters. The van der Waals surface area contributed by atoms with Crippen molar-refractivity contribution in [2.75, 3.05) is 18.0 Å². The predicted molar refractivity (Wildman–Crippen MR) is 165 cm³/mol. The van der Waals surface area contributed by atoms with Gasteiger partial charge in [0, 0.05) is 52.1 Å². The largest absolute Gasteiger partial charge is 0.478 e. The number of carboxylic acids is 1. The van der Waals surface area contributed by atoms with Gasteiger partial charge in [-0.25, -0.2) is 4.79 Å². The zero-order valence-corrected chi connectivity index (χ0v) is 23.5. The first-order valence-electron chi connectivity index (χ1n) is 12.9. The first kappa shape index (κ1) is 28.1. The molecule has 0 aliphatic carbocycles. The monoisotopic (exact) mass is 583 g/mol. The number of allylic oxidation sites excluding steroid dienone is 1. The SMILES string of the molecule is O=C(O)c1ccc(CN2CCN=C(C=Cc3cc([N+](=O)[O-])ccc3SCc3ccccc3)c3ccc(Cl)cc32)cc1. The highest BCUT2D eigenvalue weighted by Crippen LogP contribution is 2.32. The van der Waals surface area contributed by atoms with Gasteiger partial charge in [0.1, 0.15) is 0 Å². The van der Waals surface area contributed by atoms with Crippen LogP contribution in [-0.2, 0) is 12.3 Å². The molecule has 1 aliphatic rings. The van der Waals surface area contributed by atoms with Crippen LogP contribution in [0.4, 0.5) is 11.4 Å². The van der Waals surface area contributed by atoms with Gasteiger partial charge in [0.2, 0.25) is 0 Å². The minimum atomic E-state index is -0.960. The highest BCUT2D eigenvalue weighted by atomic mass is 35.5. The van der Waals surface area contributed by atoms with E-state index in [1.807, 2.05) is 60.7 Å². The lowest BCUT2D eigenvalue weighted by Gasteiger charge is -2.25. The third-order valence-corrected chi connectivity index (χ3v) is 8.06. The van der Waals surface area contributed by atoms with Crippen LogP contribution in [0.15, 0.2) is 107 Å². The van der Waals surface area contributed by atoms with E-state index >= 15 is 0 Å². The molecule has 0 saturated carbocycles. The van der Waals surface area contributed by atoms with E-state index in [0.717, 1.165) is 38.7 Å². The quantitative estimate of drug-likeness (QED) is 0.123. The van der Waals surface area contributed by atoms with Crippen molar-refractivity contribution < 1.29 is 14.8 Å². The molecule has 0 unspecified atom stereocenters. The van der Waals surface area contributed by atoms with Crippen molar-refractivity contribution in [3.63, 3.8) is 0 Å². The number of nitro groups is 1. The molecule has 0 amide bonds. The molecule has 1 aliphatic heterocycles. The number of nitrogens with zero attached hydrogens (tertiary/aromatic N) is 3. The minimum absolute atomic E-state index is 0.0313. The Bertz CT molecular complexity index is 1640. The summed E-state index contributed by atoms with van der Waals surface area (Å²) in [6, 6.07) is 27.5. The molecule has 9 heteroatoms. The third-order valence-electron chi connectivity index (χ3n) is 6.66. The number of anilines is 1. The number of hydrogen-bond acceptors (Lipinski definition) is 6. The molecule has 5 rings (SSSR count). The second kappa shape index (κ2) is 12.8. The summed E-state index contributed by atoms with van der Waals surface area (Å²) in [5, 5.41) is 21.3. The van der Waals surface area contributed by atoms with Crippen molar-refractivity contribution >= 4 is 52.5 Å². The number of thioether (sulfide) groups is 1. The fraction of sp³-hybridized carbons (Fsp3) is 0.125. The van der Waals surface area contributed by atoms with E-state index in [0.29, 0.717) is 24.7 Å². The number of non-ortho nitro benzene ring substituents is 1. The number of fused-ring (bicyclic) bond motifs is 1. The summed E-state index contributed by atoms with van der Waals surface area (Å²) in [6.07, 6.45) is 3.79. The lowest BCUT2D eigenvalue weighted by atomic mass is 10.0. The maximum Gasteiger partial charge on any atom is 0.335 e. The van der Waals surface area contributed by atoms with Crippen LogP contribution in [0.2, 0.25) is 5.02 Å². The number of aromatic carboxylic acids is 1. The Morgan fingerprint density at radius 1 is 1.00 bits per heavy atom. The van der Waals surface area contributed by atoms with Gasteiger partial charge in [-0.2, -0.15) is 0 Å². The molecule has 4 aromatic carbocycles. The average molecular weight is 584 g/mol. The minimum Gasteiger partial charge on any atom is -0.478 e. The van der Waals surface area contributed by atoms with Crippen LogP contribution in [0.5, 0.6) is 0 Å². The van der Waals surface area contributed by atoms with Gasteiger partial charge in [-0.15, -0.1) is 11.8 Å². The fourth-order valence-corrected chi connectivity index (χ4v) is 5.71. The van der Waals surface area contributed by atoms with Crippen LogP contribution in [0.1, 0.15) is 32.6 Å². The molecule has 4 aromatic rings. The number of halogens is 1. The van der Waals surface area contributed by atoms with E-state index < -0.39 is 5.97 Å². The number of rotatable bonds is 9. The summed E-state index contributed by atoms with van der Waals surface area (Å²) in [5.41, 5.74) is 5.73. The number of benzodiazepines with no additional fused rings is 1. The summed E-state index contributed by atoms with van der Waals surface area (Å²) in [4.78, 5) is 30.4. The normalized spacial score (nSPS) is 13.0. The number of carboxylic acid groups (broad SMARTS) is 1. The van der Waals surface area contributed by atoms with E-state index in [1.54, 1.807) is 36.0 Å². The fourth-order valence-electron chi connectivity index (χ4n) is 4.57. The summed E-state index contributed by atoms with van der Waals surface area (Å²) in [5.74, 6) is -0.219. The van der Waals surface area contributed by atoms with Gasteiger partial charge in [0.25, 0.3) is 5.69 Å². The summed E-state index contributed by atoms with van der Waals surface area (Å²) >= 11 is 8.04. The van der Waals surface area contributed by atoms with Crippen molar-refractivity contribution in [1.82, 2.24) is 0 Å². The highest BCUT2D eigenvalue weighted by molar-refractivity contribution is 7.98. The molecule has 206 valence electrons. The molecule has 0 radical (unpaired) electrons. The van der Waals surface area contributed by atoms with Crippen LogP contribution >= 0.6 is 23.4 Å². The number of benzene rings is 4. The van der Waals surface area contributed by atoms with E-state index in [2.05, 4.69) is 17.0 Å². The predicted octanol–water partition coefficient (Wildman–Crippen LogP) is 7.76. The van der Waals surface area contributed by atoms with Crippen molar-refractivity contribution in [2.45, 2.75) is 17.2 Å². The molecule has 7 nitrogen and oxygen atoms in total. The van der Waals surface area contributed by atoms with Crippen LogP contribution in [0.25, 0.3) is 6.08 Å². The van der Waals surface area contributed by atoms with Crippen molar-refractivity contribution in [3.8, 4) is 0 Å². The zero-order valence-electron chi connectivity index (χ0n) is 21.9. The highest BCUT2D eigenvalue weighted by Gasteiger charge is 2.19. The van der Waals surface area contributed by atoms with Gasteiger partial charge in [-0.3, -0.25) is 15.1 Å². The Morgan fingerprint density at radius 3 is 2.51 bits per heavy atom. The van der Waals surface area contributed by atoms with Gasteiger partial charge in [0.05, 0.1) is 22.7 Å². The van der Waals surface area contributed by atoms with Crippen LogP contribution in [0.3, 0.4) is 0 Å². The summed E-state index contributed by atoms with van der Waals surface area (Å²) in [7, 11) is 0. The van der Waals surface area contributed by atoms with E-state index in [9.17, 15) is 20.0 Å². The smallest absolute Gasteiger partial charge is 0.335 e. The van der Waals surface area contributed by atoms with E-state index in [4.69, 9.17) is 16.6 Å². The van der Waals surface area contributed by atoms with E-state index in [-0.39, 0.29) is 16.2 Å². The molecule has 1 heterocycles. The number of aliphatic imine (C=N–C) groups is 1. The zero-order chi connectivity index (χ0) is 28.8. The Morgan fingerprint density at radius 2 is 1.78 bits per heavy atom. The molecule has 1 N–H and O–H groups in total. The summed E-state index contributed by atoms with van der Waals surface area (Å²) in [6.45, 7) is 1.73. The second-order valence-electron chi connectivity index (χ2n) is 9.44. The molecule has 0 fully saturated rings. The van der Waals surface area contributed by atoms with E-state index in [1.165, 1.54) is 11.6 Å². The third kappa shape index (κ3) is 7.03. The molecular weight excluding hydrogens is 558 g/mol. The Balaban J connectivity index is 1.43. The number of nitro benzene ring substituents is 1. The van der Waals surface area contributed by atoms with Crippen molar-refractivity contribution in [3.05, 3.63) is 140 Å². The molecule has 41 heavy (non-hydrogen) atoms. The lowest BCUT2D eigenvalue weighted by molar-refractivity contribution is -0.384. The van der Waals surface area contributed by atoms with Crippen molar-refractivity contribution in [1.29, 1.82) is 0 Å². The first-order chi connectivity index (χ1) is 19.9. The Kier molecular flexibility index (Phi) is 8.82. The standard InChI is InChI=1S/C32H26ClN3O4S/c33-26-11-13-28-29(34-16-17-35(30(28)19-26)20-22-6-8-24(9-7-22)32(37)38)14-10-25-18-27(36(39)40)12-15-31(25)41-21-23-4-2-1-3-5-23/h1-15,18-19H,16-17,20-21H2,(H,37,38). The topological polar surface area (TPSA) is 96.0 Å². The number of hydrogen-bond donors (Lipinski definition) is 1. The van der Waals surface area contributed by atoms with Gasteiger partial charge in [0.15, 0.2) is 0 Å². The maximum atomic E-state index is 11.5. The lowest BCUT2D eigenvalue weighted by Crippen LogP contribution is -2.25. The van der Waals surface area contributed by atoms with Gasteiger partial charge < -0.3 is 10.0 Å². The molecular formula is C32H26ClN3O4S. The van der Waals surface area contributed by atoms with Gasteiger partial charge in [-0.05, 0) is 59.2 Å². The molecule has 0 bridgehead atoms. The molecule has 0 aromatic heterocycles. The molecule has 0 spiro atoms.